The number of rotatable bonds is 9. The zero-order chi connectivity index (χ0) is 24.9. The number of carboxylic acid groups (broad SMARTS) is 1. The average molecular weight is 481 g/mol. The van der Waals surface area contributed by atoms with Crippen molar-refractivity contribution in [3.8, 4) is 0 Å². The number of hydrogen-bond acceptors (Lipinski definition) is 5. The van der Waals surface area contributed by atoms with Crippen molar-refractivity contribution in [1.82, 2.24) is 9.80 Å². The summed E-state index contributed by atoms with van der Waals surface area (Å²) in [5, 5.41) is 19.9. The highest BCUT2D eigenvalue weighted by Gasteiger charge is 2.74. The summed E-state index contributed by atoms with van der Waals surface area (Å²) in [7, 11) is 0. The summed E-state index contributed by atoms with van der Waals surface area (Å²) >= 11 is 1.53. The second-order valence-electron chi connectivity index (χ2n) is 11.7. The minimum atomic E-state index is -0.964. The summed E-state index contributed by atoms with van der Waals surface area (Å²) in [5.41, 5.74) is -0.525. The SMILES string of the molecule is C=CCN(C(=O)C1N([C@@H](CC)CO)C(=O)[C@@H]2[C@H](C(=O)O)[C@@H]3CCC12S3)C(C)(C)CC(C)(C)C. The number of carboxylic acids is 1. The van der Waals surface area contributed by atoms with E-state index in [1.807, 2.05) is 25.7 Å². The lowest BCUT2D eigenvalue weighted by Crippen LogP contribution is -2.61. The third-order valence-electron chi connectivity index (χ3n) is 7.60. The minimum absolute atomic E-state index is 0.0266. The first-order valence-corrected chi connectivity index (χ1v) is 12.9. The lowest BCUT2D eigenvalue weighted by molar-refractivity contribution is -0.150. The zero-order valence-electron chi connectivity index (χ0n) is 20.8. The van der Waals surface area contributed by atoms with Gasteiger partial charge in [-0.05, 0) is 44.9 Å². The van der Waals surface area contributed by atoms with Gasteiger partial charge in [0.15, 0.2) is 0 Å². The van der Waals surface area contributed by atoms with Crippen molar-refractivity contribution in [2.24, 2.45) is 17.3 Å². The van der Waals surface area contributed by atoms with Gasteiger partial charge >= 0.3 is 5.97 Å². The molecule has 186 valence electrons. The van der Waals surface area contributed by atoms with Crippen LogP contribution in [0, 0.1) is 17.3 Å². The van der Waals surface area contributed by atoms with Crippen LogP contribution >= 0.6 is 11.8 Å². The number of carbonyl (C=O) groups excluding carboxylic acids is 2. The smallest absolute Gasteiger partial charge is 0.308 e. The molecular weight excluding hydrogens is 440 g/mol. The summed E-state index contributed by atoms with van der Waals surface area (Å²) in [6, 6.07) is -1.30. The molecule has 0 aliphatic carbocycles. The molecule has 0 saturated carbocycles. The van der Waals surface area contributed by atoms with E-state index < -0.39 is 40.2 Å². The zero-order valence-corrected chi connectivity index (χ0v) is 21.7. The molecular formula is C25H40N2O5S. The van der Waals surface area contributed by atoms with Crippen LogP contribution in [0.2, 0.25) is 0 Å². The Labute approximate surface area is 202 Å². The van der Waals surface area contributed by atoms with Crippen molar-refractivity contribution in [1.29, 1.82) is 0 Å². The van der Waals surface area contributed by atoms with E-state index in [0.29, 0.717) is 25.8 Å². The fourth-order valence-corrected chi connectivity index (χ4v) is 8.96. The van der Waals surface area contributed by atoms with Gasteiger partial charge in [-0.2, -0.15) is 0 Å². The molecule has 3 aliphatic rings. The quantitative estimate of drug-likeness (QED) is 0.492. The first kappa shape index (κ1) is 26.1. The number of amides is 2. The highest BCUT2D eigenvalue weighted by Crippen LogP contribution is 2.67. The lowest BCUT2D eigenvalue weighted by atomic mass is 9.71. The molecule has 3 rings (SSSR count). The van der Waals surface area contributed by atoms with Crippen LogP contribution in [0.3, 0.4) is 0 Å². The van der Waals surface area contributed by atoms with Crippen molar-refractivity contribution in [3.05, 3.63) is 12.7 Å². The van der Waals surface area contributed by atoms with Gasteiger partial charge in [-0.15, -0.1) is 18.3 Å². The Morgan fingerprint density at radius 1 is 1.33 bits per heavy atom. The van der Waals surface area contributed by atoms with Gasteiger partial charge in [0.1, 0.15) is 6.04 Å². The van der Waals surface area contributed by atoms with E-state index in [4.69, 9.17) is 0 Å². The predicted molar refractivity (Wildman–Crippen MR) is 130 cm³/mol. The lowest BCUT2D eigenvalue weighted by Gasteiger charge is -2.46. The molecule has 3 aliphatic heterocycles. The molecule has 2 unspecified atom stereocenters. The fraction of sp³-hybridized carbons (Fsp3) is 0.800. The van der Waals surface area contributed by atoms with Crippen LogP contribution in [-0.2, 0) is 14.4 Å². The summed E-state index contributed by atoms with van der Waals surface area (Å²) < 4.78 is -0.762. The van der Waals surface area contributed by atoms with E-state index in [2.05, 4.69) is 27.4 Å². The number of hydrogen-bond donors (Lipinski definition) is 2. The molecule has 6 atom stereocenters. The van der Waals surface area contributed by atoms with Crippen LogP contribution in [0.1, 0.15) is 67.2 Å². The summed E-state index contributed by atoms with van der Waals surface area (Å²) in [6.07, 6.45) is 4.28. The van der Waals surface area contributed by atoms with Crippen molar-refractivity contribution in [2.45, 2.75) is 94.8 Å². The van der Waals surface area contributed by atoms with Crippen molar-refractivity contribution in [2.75, 3.05) is 13.2 Å². The molecule has 0 aromatic heterocycles. The first-order chi connectivity index (χ1) is 15.3. The van der Waals surface area contributed by atoms with Crippen molar-refractivity contribution < 1.29 is 24.6 Å². The molecule has 3 heterocycles. The standard InChI is InChI=1S/C25H40N2O5S/c1-8-12-26(24(6,7)14-23(3,4)5)21(30)19-25-11-10-16(33-25)17(22(31)32)18(25)20(29)27(19)15(9-2)13-28/h8,15-19,28H,1,9-14H2,2-7H3,(H,31,32)/t15-,16-,17+,18-,19?,25?/m0/s1. The topological polar surface area (TPSA) is 98.2 Å². The number of nitrogens with zero attached hydrogens (tertiary/aromatic N) is 2. The van der Waals surface area contributed by atoms with Gasteiger partial charge < -0.3 is 20.0 Å². The highest BCUT2D eigenvalue weighted by atomic mass is 32.2. The molecule has 7 nitrogen and oxygen atoms in total. The molecule has 0 aromatic rings. The third kappa shape index (κ3) is 4.22. The Hall–Kier alpha value is -1.54. The third-order valence-corrected chi connectivity index (χ3v) is 9.56. The fourth-order valence-electron chi connectivity index (χ4n) is 6.76. The summed E-state index contributed by atoms with van der Waals surface area (Å²) in [5.74, 6) is -2.93. The van der Waals surface area contributed by atoms with E-state index >= 15 is 0 Å². The van der Waals surface area contributed by atoms with Crippen molar-refractivity contribution >= 4 is 29.5 Å². The van der Waals surface area contributed by atoms with Gasteiger partial charge in [0.25, 0.3) is 0 Å². The van der Waals surface area contributed by atoms with Crippen LogP contribution in [0.15, 0.2) is 12.7 Å². The van der Waals surface area contributed by atoms with Crippen LogP contribution in [0.4, 0.5) is 0 Å². The first-order valence-electron chi connectivity index (χ1n) is 12.0. The van der Waals surface area contributed by atoms with E-state index in [-0.39, 0.29) is 29.1 Å². The van der Waals surface area contributed by atoms with Gasteiger partial charge in [-0.1, -0.05) is 33.8 Å². The van der Waals surface area contributed by atoms with E-state index in [1.54, 1.807) is 11.0 Å². The number of likely N-dealkylation sites (tertiary alicyclic amines) is 1. The molecule has 1 spiro atoms. The van der Waals surface area contributed by atoms with Gasteiger partial charge in [0.05, 0.1) is 29.2 Å². The summed E-state index contributed by atoms with van der Waals surface area (Å²) in [4.78, 5) is 43.7. The van der Waals surface area contributed by atoms with Crippen LogP contribution in [-0.4, -0.2) is 78.6 Å². The molecule has 8 heteroatoms. The monoisotopic (exact) mass is 480 g/mol. The Morgan fingerprint density at radius 3 is 2.45 bits per heavy atom. The maximum atomic E-state index is 14.4. The van der Waals surface area contributed by atoms with E-state index in [1.165, 1.54) is 11.8 Å². The maximum absolute atomic E-state index is 14.4. The van der Waals surface area contributed by atoms with Crippen LogP contribution < -0.4 is 0 Å². The molecule has 0 radical (unpaired) electrons. The molecule has 3 saturated heterocycles. The Morgan fingerprint density at radius 2 is 1.97 bits per heavy atom. The number of aliphatic hydroxyl groups is 1. The normalized spacial score (nSPS) is 32.1. The average Bonchev–Trinajstić information content (AvgIpc) is 3.32. The molecule has 2 bridgehead atoms. The Balaban J connectivity index is 2.11. The number of aliphatic carboxylic acids is 1. The summed E-state index contributed by atoms with van der Waals surface area (Å²) in [6.45, 7) is 16.3. The van der Waals surface area contributed by atoms with E-state index in [9.17, 15) is 24.6 Å². The van der Waals surface area contributed by atoms with Gasteiger partial charge in [0, 0.05) is 17.3 Å². The number of carbonyl (C=O) groups is 3. The van der Waals surface area contributed by atoms with Gasteiger partial charge in [0.2, 0.25) is 11.8 Å². The Bertz CT molecular complexity index is 818. The maximum Gasteiger partial charge on any atom is 0.308 e. The molecule has 2 amide bonds. The molecule has 3 fully saturated rings. The highest BCUT2D eigenvalue weighted by molar-refractivity contribution is 8.02. The van der Waals surface area contributed by atoms with Crippen LogP contribution in [0.5, 0.6) is 0 Å². The number of aliphatic hydroxyl groups excluding tert-OH is 1. The van der Waals surface area contributed by atoms with Gasteiger partial charge in [-0.3, -0.25) is 14.4 Å². The Kier molecular flexibility index (Phi) is 7.04. The number of thioether (sulfide) groups is 1. The van der Waals surface area contributed by atoms with Crippen molar-refractivity contribution in [3.63, 3.8) is 0 Å². The molecule has 33 heavy (non-hydrogen) atoms. The van der Waals surface area contributed by atoms with Gasteiger partial charge in [-0.25, -0.2) is 0 Å². The molecule has 0 aromatic carbocycles. The number of fused-ring (bicyclic) bond motifs is 1. The minimum Gasteiger partial charge on any atom is -0.481 e. The van der Waals surface area contributed by atoms with E-state index in [0.717, 1.165) is 6.42 Å². The largest absolute Gasteiger partial charge is 0.481 e. The van der Waals surface area contributed by atoms with Crippen LogP contribution in [0.25, 0.3) is 0 Å². The molecule has 2 N–H and O–H groups in total. The second-order valence-corrected chi connectivity index (χ2v) is 13.3. The second kappa shape index (κ2) is 8.91. The predicted octanol–water partition coefficient (Wildman–Crippen LogP) is 3.16.